The molecule has 3 rings (SSSR count). The normalized spacial score (nSPS) is 18.5. The molecule has 0 fully saturated rings. The quantitative estimate of drug-likeness (QED) is 0.491. The summed E-state index contributed by atoms with van der Waals surface area (Å²) in [6.07, 6.45) is 0. The average molecular weight is 362 g/mol. The first-order valence-corrected chi connectivity index (χ1v) is 8.30. The molecule has 0 saturated heterocycles. The van der Waals surface area contributed by atoms with E-state index >= 15 is 0 Å². The van der Waals surface area contributed by atoms with Crippen molar-refractivity contribution in [3.8, 4) is 0 Å². The predicted octanol–water partition coefficient (Wildman–Crippen LogP) is 5.07. The number of fused-ring (bicyclic) bond motifs is 2. The fourth-order valence-corrected chi connectivity index (χ4v) is 4.27. The first-order valence-electron chi connectivity index (χ1n) is 6.78. The topological polar surface area (TPSA) is 0 Å². The van der Waals surface area contributed by atoms with Crippen molar-refractivity contribution in [3.63, 3.8) is 0 Å². The Hall–Kier alpha value is -0.830. The van der Waals surface area contributed by atoms with Crippen LogP contribution in [0.4, 0.5) is 0 Å². The van der Waals surface area contributed by atoms with Gasteiger partial charge in [0.15, 0.2) is 0 Å². The Morgan fingerprint density at radius 1 is 0.737 bits per heavy atom. The minimum Gasteiger partial charge on any atom is -0.0851 e. The Labute approximate surface area is 129 Å². The molecule has 0 radical (unpaired) electrons. The molecule has 0 nitrogen and oxygen atoms in total. The van der Waals surface area contributed by atoms with E-state index in [1.54, 1.807) is 0 Å². The van der Waals surface area contributed by atoms with Crippen LogP contribution in [0.3, 0.4) is 0 Å². The van der Waals surface area contributed by atoms with E-state index in [-0.39, 0.29) is 10.8 Å². The highest BCUT2D eigenvalue weighted by atomic mass is 127. The Kier molecular flexibility index (Phi) is 3.01. The van der Waals surface area contributed by atoms with E-state index in [9.17, 15) is 0 Å². The fraction of sp³-hybridized carbons (Fsp3) is 0.333. The van der Waals surface area contributed by atoms with Gasteiger partial charge >= 0.3 is 0 Å². The lowest BCUT2D eigenvalue weighted by molar-refractivity contribution is 0.530. The maximum Gasteiger partial charge on any atom is 0.0270 e. The zero-order valence-corrected chi connectivity index (χ0v) is 13.9. The molecule has 19 heavy (non-hydrogen) atoms. The highest BCUT2D eigenvalue weighted by molar-refractivity contribution is 14.1. The number of alkyl halides is 1. The Balaban J connectivity index is 2.41. The average Bonchev–Trinajstić information content (AvgIpc) is 2.45. The van der Waals surface area contributed by atoms with E-state index in [0.29, 0.717) is 0 Å². The fourth-order valence-electron chi connectivity index (χ4n) is 3.45. The number of rotatable bonds is 1. The van der Waals surface area contributed by atoms with Gasteiger partial charge in [0.05, 0.1) is 0 Å². The van der Waals surface area contributed by atoms with Gasteiger partial charge in [-0.2, -0.15) is 0 Å². The summed E-state index contributed by atoms with van der Waals surface area (Å²) >= 11 is 2.53. The molecule has 0 amide bonds. The van der Waals surface area contributed by atoms with Crippen molar-refractivity contribution >= 4 is 22.6 Å². The van der Waals surface area contributed by atoms with E-state index in [0.717, 1.165) is 4.43 Å². The van der Waals surface area contributed by atoms with Gasteiger partial charge in [0, 0.05) is 15.3 Å². The van der Waals surface area contributed by atoms with Crippen LogP contribution in [0.5, 0.6) is 0 Å². The summed E-state index contributed by atoms with van der Waals surface area (Å²) in [7, 11) is 0. The van der Waals surface area contributed by atoms with Crippen molar-refractivity contribution in [2.24, 2.45) is 0 Å². The zero-order chi connectivity index (χ0) is 13.7. The summed E-state index contributed by atoms with van der Waals surface area (Å²) in [5, 5.41) is 0. The van der Waals surface area contributed by atoms with E-state index in [1.807, 2.05) is 0 Å². The monoisotopic (exact) mass is 362 g/mol. The number of hydrogen-bond donors (Lipinski definition) is 0. The molecule has 0 unspecified atom stereocenters. The maximum atomic E-state index is 2.53. The lowest BCUT2D eigenvalue weighted by atomic mass is 9.60. The van der Waals surface area contributed by atoms with E-state index in [4.69, 9.17) is 0 Å². The molecule has 0 spiro atoms. The predicted molar refractivity (Wildman–Crippen MR) is 90.4 cm³/mol. The molecule has 0 aromatic heterocycles. The van der Waals surface area contributed by atoms with Crippen LogP contribution >= 0.6 is 22.6 Å². The molecule has 2 aromatic carbocycles. The van der Waals surface area contributed by atoms with Crippen LogP contribution in [0.2, 0.25) is 0 Å². The van der Waals surface area contributed by atoms with Crippen molar-refractivity contribution in [3.05, 3.63) is 70.8 Å². The van der Waals surface area contributed by atoms with Crippen LogP contribution in [0, 0.1) is 0 Å². The molecule has 0 aliphatic heterocycles. The molecule has 1 aliphatic rings. The molecule has 1 aliphatic carbocycles. The second-order valence-electron chi connectivity index (χ2n) is 6.18. The highest BCUT2D eigenvalue weighted by Gasteiger charge is 2.42. The molecule has 2 aromatic rings. The van der Waals surface area contributed by atoms with Gasteiger partial charge in [-0.3, -0.25) is 0 Å². The molecule has 0 N–H and O–H groups in total. The molecular weight excluding hydrogens is 343 g/mol. The second-order valence-corrected chi connectivity index (χ2v) is 6.94. The summed E-state index contributed by atoms with van der Waals surface area (Å²) in [5.74, 6) is 0. The van der Waals surface area contributed by atoms with Crippen LogP contribution in [0.1, 0.15) is 43.0 Å². The summed E-state index contributed by atoms with van der Waals surface area (Å²) in [6.45, 7) is 7.07. The molecule has 1 heteroatoms. The third kappa shape index (κ3) is 1.70. The first-order chi connectivity index (χ1) is 9.02. The van der Waals surface area contributed by atoms with E-state index in [2.05, 4.69) is 91.9 Å². The van der Waals surface area contributed by atoms with Crippen molar-refractivity contribution in [1.82, 2.24) is 0 Å². The van der Waals surface area contributed by atoms with E-state index in [1.165, 1.54) is 22.3 Å². The number of hydrogen-bond acceptors (Lipinski definition) is 0. The standard InChI is InChI=1S/C18H19I/c1-17(2)13-8-4-6-10-15(13)18(3,12-19)16-11-7-5-9-14(16)17/h4-11H,12H2,1-3H3. The third-order valence-corrected chi connectivity index (χ3v) is 6.18. The Morgan fingerprint density at radius 3 is 1.47 bits per heavy atom. The lowest BCUT2D eigenvalue weighted by Crippen LogP contribution is -2.39. The van der Waals surface area contributed by atoms with Gasteiger partial charge in [-0.1, -0.05) is 91.9 Å². The van der Waals surface area contributed by atoms with Gasteiger partial charge in [-0.25, -0.2) is 0 Å². The van der Waals surface area contributed by atoms with Gasteiger partial charge in [-0.15, -0.1) is 0 Å². The number of halogens is 1. The van der Waals surface area contributed by atoms with Gasteiger partial charge in [-0.05, 0) is 22.3 Å². The van der Waals surface area contributed by atoms with Crippen LogP contribution < -0.4 is 0 Å². The summed E-state index contributed by atoms with van der Waals surface area (Å²) in [6, 6.07) is 17.9. The van der Waals surface area contributed by atoms with Crippen molar-refractivity contribution in [2.75, 3.05) is 4.43 Å². The van der Waals surface area contributed by atoms with Crippen LogP contribution in [0.25, 0.3) is 0 Å². The maximum absolute atomic E-state index is 2.53. The number of benzene rings is 2. The summed E-state index contributed by atoms with van der Waals surface area (Å²) < 4.78 is 1.11. The second kappa shape index (κ2) is 4.34. The highest BCUT2D eigenvalue weighted by Crippen LogP contribution is 2.50. The molecular formula is C18H19I. The Bertz CT molecular complexity index is 576. The van der Waals surface area contributed by atoms with Crippen LogP contribution in [-0.2, 0) is 10.8 Å². The van der Waals surface area contributed by atoms with Crippen molar-refractivity contribution in [1.29, 1.82) is 0 Å². The largest absolute Gasteiger partial charge is 0.0851 e. The minimum atomic E-state index is 0.0957. The minimum absolute atomic E-state index is 0.0957. The van der Waals surface area contributed by atoms with E-state index < -0.39 is 0 Å². The van der Waals surface area contributed by atoms with Gasteiger partial charge in [0.25, 0.3) is 0 Å². The van der Waals surface area contributed by atoms with Crippen LogP contribution in [0.15, 0.2) is 48.5 Å². The van der Waals surface area contributed by atoms with Gasteiger partial charge in [0.2, 0.25) is 0 Å². The lowest BCUT2D eigenvalue weighted by Gasteiger charge is -2.44. The summed E-state index contributed by atoms with van der Waals surface area (Å²) in [4.78, 5) is 0. The first kappa shape index (κ1) is 13.2. The molecule has 0 heterocycles. The third-order valence-electron chi connectivity index (χ3n) is 4.66. The van der Waals surface area contributed by atoms with Crippen LogP contribution in [-0.4, -0.2) is 4.43 Å². The smallest absolute Gasteiger partial charge is 0.0270 e. The SMILES string of the molecule is CC1(C)c2ccccc2C(C)(CI)c2ccccc21. The molecule has 98 valence electrons. The summed E-state index contributed by atoms with van der Waals surface area (Å²) in [5.41, 5.74) is 6.17. The van der Waals surface area contributed by atoms with Gasteiger partial charge in [0.1, 0.15) is 0 Å². The van der Waals surface area contributed by atoms with Crippen molar-refractivity contribution in [2.45, 2.75) is 31.6 Å². The molecule has 0 saturated carbocycles. The Morgan fingerprint density at radius 2 is 1.11 bits per heavy atom. The van der Waals surface area contributed by atoms with Gasteiger partial charge < -0.3 is 0 Å². The zero-order valence-electron chi connectivity index (χ0n) is 11.7. The molecule has 0 atom stereocenters. The molecule has 0 bridgehead atoms. The van der Waals surface area contributed by atoms with Crippen molar-refractivity contribution < 1.29 is 0 Å².